The molecular formula is C30H32F2N6O2. The lowest BCUT2D eigenvalue weighted by molar-refractivity contribution is -0.127. The Kier molecular flexibility index (Phi) is 8.06. The van der Waals surface area contributed by atoms with Gasteiger partial charge in [-0.25, -0.2) is 22.8 Å². The van der Waals surface area contributed by atoms with Crippen molar-refractivity contribution in [2.45, 2.75) is 32.5 Å². The summed E-state index contributed by atoms with van der Waals surface area (Å²) in [5.41, 5.74) is 2.24. The Morgan fingerprint density at radius 2 is 1.50 bits per heavy atom. The highest BCUT2D eigenvalue weighted by molar-refractivity contribution is 5.83. The van der Waals surface area contributed by atoms with E-state index < -0.39 is 17.7 Å². The number of carbonyl (C=O) groups excluding carboxylic acids is 1. The molecule has 1 unspecified atom stereocenters. The average Bonchev–Trinajstić information content (AvgIpc) is 3.35. The average molecular weight is 547 g/mol. The van der Waals surface area contributed by atoms with E-state index in [2.05, 4.69) is 20.2 Å². The number of hydrogen-bond donors (Lipinski definition) is 1. The second kappa shape index (κ2) is 11.8. The first kappa shape index (κ1) is 27.3. The largest absolute Gasteiger partial charge is 0.369 e. The Bertz CT molecular complexity index is 1490. The summed E-state index contributed by atoms with van der Waals surface area (Å²) in [5.74, 6) is -1.68. The zero-order valence-electron chi connectivity index (χ0n) is 22.5. The van der Waals surface area contributed by atoms with Crippen LogP contribution < -0.4 is 15.9 Å². The van der Waals surface area contributed by atoms with Crippen molar-refractivity contribution in [2.24, 2.45) is 0 Å². The number of benzene rings is 3. The van der Waals surface area contributed by atoms with Gasteiger partial charge in [0, 0.05) is 44.0 Å². The molecule has 1 aliphatic heterocycles. The first-order chi connectivity index (χ1) is 19.3. The predicted molar refractivity (Wildman–Crippen MR) is 149 cm³/mol. The highest BCUT2D eigenvalue weighted by Crippen LogP contribution is 2.26. The topological polar surface area (TPSA) is 75.4 Å². The monoisotopic (exact) mass is 546 g/mol. The quantitative estimate of drug-likeness (QED) is 0.361. The van der Waals surface area contributed by atoms with E-state index in [-0.39, 0.29) is 29.7 Å². The van der Waals surface area contributed by atoms with Crippen LogP contribution in [0, 0.1) is 11.6 Å². The van der Waals surface area contributed by atoms with Gasteiger partial charge in [0.05, 0.1) is 11.7 Å². The Morgan fingerprint density at radius 1 is 0.875 bits per heavy atom. The van der Waals surface area contributed by atoms with Gasteiger partial charge in [-0.1, -0.05) is 36.4 Å². The van der Waals surface area contributed by atoms with Gasteiger partial charge in [0.25, 0.3) is 0 Å². The van der Waals surface area contributed by atoms with Gasteiger partial charge in [0.2, 0.25) is 5.91 Å². The lowest BCUT2D eigenvalue weighted by Gasteiger charge is -2.39. The molecule has 1 atom stereocenters. The maximum absolute atomic E-state index is 14.1. The fourth-order valence-corrected chi connectivity index (χ4v) is 5.05. The Balaban J connectivity index is 1.27. The van der Waals surface area contributed by atoms with Crippen LogP contribution >= 0.6 is 0 Å². The van der Waals surface area contributed by atoms with Crippen LogP contribution in [0.2, 0.25) is 0 Å². The van der Waals surface area contributed by atoms with Crippen molar-refractivity contribution in [3.63, 3.8) is 0 Å². The van der Waals surface area contributed by atoms with Gasteiger partial charge in [0.15, 0.2) is 0 Å². The Labute approximate surface area is 231 Å². The summed E-state index contributed by atoms with van der Waals surface area (Å²) < 4.78 is 31.2. The number of aromatic nitrogens is 3. The molecule has 0 spiro atoms. The maximum atomic E-state index is 14.1. The van der Waals surface area contributed by atoms with Gasteiger partial charge in [0.1, 0.15) is 24.0 Å². The molecule has 0 aliphatic carbocycles. The van der Waals surface area contributed by atoms with E-state index in [1.165, 1.54) is 33.8 Å². The molecule has 1 amide bonds. The Morgan fingerprint density at radius 3 is 2.10 bits per heavy atom. The first-order valence-electron chi connectivity index (χ1n) is 13.3. The van der Waals surface area contributed by atoms with Gasteiger partial charge >= 0.3 is 5.69 Å². The molecule has 5 rings (SSSR count). The van der Waals surface area contributed by atoms with Crippen LogP contribution in [0.5, 0.6) is 0 Å². The first-order valence-corrected chi connectivity index (χ1v) is 13.3. The molecule has 3 aromatic carbocycles. The van der Waals surface area contributed by atoms with Crippen LogP contribution in [0.1, 0.15) is 37.1 Å². The molecular weight excluding hydrogens is 514 g/mol. The molecule has 1 aromatic heterocycles. The van der Waals surface area contributed by atoms with Crippen LogP contribution in [0.25, 0.3) is 5.69 Å². The van der Waals surface area contributed by atoms with Crippen LogP contribution in [0.3, 0.4) is 0 Å². The molecule has 8 nitrogen and oxygen atoms in total. The number of piperazine rings is 1. The SMILES string of the molecule is CC(C)n1ncn(-c2ccc(N3CCN(C(C(=O)NCc4c(F)cccc4F)c4ccccc4)CC3)cc2)c1=O. The number of hydrogen-bond acceptors (Lipinski definition) is 5. The van der Waals surface area contributed by atoms with Crippen LogP contribution in [-0.4, -0.2) is 51.3 Å². The summed E-state index contributed by atoms with van der Waals surface area (Å²) >= 11 is 0. The maximum Gasteiger partial charge on any atom is 0.350 e. The number of nitrogens with one attached hydrogen (secondary N) is 1. The van der Waals surface area contributed by atoms with Crippen molar-refractivity contribution in [3.8, 4) is 5.69 Å². The summed E-state index contributed by atoms with van der Waals surface area (Å²) in [4.78, 5) is 30.3. The number of amides is 1. The summed E-state index contributed by atoms with van der Waals surface area (Å²) in [7, 11) is 0. The fraction of sp³-hybridized carbons (Fsp3) is 0.300. The molecule has 1 saturated heterocycles. The number of carbonyl (C=O) groups is 1. The molecule has 10 heteroatoms. The number of halogens is 2. The van der Waals surface area contributed by atoms with Gasteiger partial charge in [-0.15, -0.1) is 0 Å². The second-order valence-corrected chi connectivity index (χ2v) is 10.1. The van der Waals surface area contributed by atoms with Gasteiger partial charge < -0.3 is 10.2 Å². The normalized spacial score (nSPS) is 14.9. The van der Waals surface area contributed by atoms with Crippen LogP contribution in [0.4, 0.5) is 14.5 Å². The van der Waals surface area contributed by atoms with Crippen molar-refractivity contribution in [1.82, 2.24) is 24.6 Å². The zero-order valence-corrected chi connectivity index (χ0v) is 22.5. The molecule has 2 heterocycles. The van der Waals surface area contributed by atoms with Crippen LogP contribution in [0.15, 0.2) is 83.9 Å². The van der Waals surface area contributed by atoms with E-state index in [1.54, 1.807) is 0 Å². The van der Waals surface area contributed by atoms with Gasteiger partial charge in [-0.3, -0.25) is 9.69 Å². The molecule has 1 fully saturated rings. The summed E-state index contributed by atoms with van der Waals surface area (Å²) in [6.07, 6.45) is 1.53. The minimum Gasteiger partial charge on any atom is -0.369 e. The number of nitrogens with zero attached hydrogens (tertiary/aromatic N) is 5. The van der Waals surface area contributed by atoms with Gasteiger partial charge in [-0.2, -0.15) is 5.10 Å². The smallest absolute Gasteiger partial charge is 0.350 e. The van der Waals surface area contributed by atoms with Crippen molar-refractivity contribution in [1.29, 1.82) is 0 Å². The molecule has 208 valence electrons. The van der Waals surface area contributed by atoms with E-state index in [0.29, 0.717) is 26.2 Å². The predicted octanol–water partition coefficient (Wildman–Crippen LogP) is 4.07. The third-order valence-electron chi connectivity index (χ3n) is 7.22. The molecule has 4 aromatic rings. The molecule has 0 saturated carbocycles. The lowest BCUT2D eigenvalue weighted by Crippen LogP contribution is -2.51. The molecule has 40 heavy (non-hydrogen) atoms. The van der Waals surface area contributed by atoms with Crippen molar-refractivity contribution < 1.29 is 13.6 Å². The molecule has 0 radical (unpaired) electrons. The molecule has 1 aliphatic rings. The number of anilines is 1. The molecule has 0 bridgehead atoms. The standard InChI is InChI=1S/C30H32F2N6O2/c1-21(2)38-30(40)37(20-34-38)24-13-11-23(12-14-24)35-15-17-36(18-16-35)28(22-7-4-3-5-8-22)29(39)33-19-25-26(31)9-6-10-27(25)32/h3-14,20-21,28H,15-19H2,1-2H3,(H,33,39). The zero-order chi connectivity index (χ0) is 28.2. The summed E-state index contributed by atoms with van der Waals surface area (Å²) in [5, 5.41) is 6.93. The van der Waals surface area contributed by atoms with E-state index in [4.69, 9.17) is 0 Å². The second-order valence-electron chi connectivity index (χ2n) is 10.1. The van der Waals surface area contributed by atoms with E-state index >= 15 is 0 Å². The third kappa shape index (κ3) is 5.67. The highest BCUT2D eigenvalue weighted by Gasteiger charge is 2.31. The van der Waals surface area contributed by atoms with E-state index in [1.807, 2.05) is 68.4 Å². The molecule has 1 N–H and O–H groups in total. The fourth-order valence-electron chi connectivity index (χ4n) is 5.05. The van der Waals surface area contributed by atoms with E-state index in [0.717, 1.165) is 16.9 Å². The van der Waals surface area contributed by atoms with Gasteiger partial charge in [-0.05, 0) is 55.8 Å². The number of rotatable bonds is 8. The summed E-state index contributed by atoms with van der Waals surface area (Å²) in [6.45, 7) is 6.19. The van der Waals surface area contributed by atoms with Crippen LogP contribution in [-0.2, 0) is 11.3 Å². The summed E-state index contributed by atoms with van der Waals surface area (Å²) in [6, 6.07) is 20.2. The van der Waals surface area contributed by atoms with Crippen molar-refractivity contribution in [2.75, 3.05) is 31.1 Å². The minimum atomic E-state index is -0.685. The van der Waals surface area contributed by atoms with Crippen molar-refractivity contribution >= 4 is 11.6 Å². The Hall–Kier alpha value is -4.31. The minimum absolute atomic E-state index is 0.0215. The van der Waals surface area contributed by atoms with Crippen molar-refractivity contribution in [3.05, 3.63) is 112 Å². The van der Waals surface area contributed by atoms with E-state index in [9.17, 15) is 18.4 Å². The lowest BCUT2D eigenvalue weighted by atomic mass is 10.0. The third-order valence-corrected chi connectivity index (χ3v) is 7.22. The highest BCUT2D eigenvalue weighted by atomic mass is 19.1.